The van der Waals surface area contributed by atoms with E-state index < -0.39 is 20.0 Å². The van der Waals surface area contributed by atoms with Gasteiger partial charge in [-0.25, -0.2) is 16.8 Å². The summed E-state index contributed by atoms with van der Waals surface area (Å²) >= 11 is 6.10. The highest BCUT2D eigenvalue weighted by atomic mass is 35.5. The predicted octanol–water partition coefficient (Wildman–Crippen LogP) is 6.26. The van der Waals surface area contributed by atoms with Gasteiger partial charge in [0.15, 0.2) is 38.3 Å². The Morgan fingerprint density at radius 3 is 1.39 bits per heavy atom. The van der Waals surface area contributed by atoms with Gasteiger partial charge in [-0.2, -0.15) is 0 Å². The van der Waals surface area contributed by atoms with Gasteiger partial charge in [-0.05, 0) is 59.7 Å². The maximum atomic E-state index is 13.2. The van der Waals surface area contributed by atoms with Gasteiger partial charge in [-0.3, -0.25) is 9.44 Å². The molecule has 2 aromatic heterocycles. The number of benzene rings is 4. The summed E-state index contributed by atoms with van der Waals surface area (Å²) in [6.07, 6.45) is 0. The van der Waals surface area contributed by atoms with E-state index in [4.69, 9.17) is 58.5 Å². The van der Waals surface area contributed by atoms with Crippen molar-refractivity contribution in [2.75, 3.05) is 66.3 Å². The number of hydrogen-bond acceptors (Lipinski definition) is 16. The summed E-state index contributed by atoms with van der Waals surface area (Å²) in [5, 5.41) is 8.57. The normalized spacial score (nSPS) is 11.5. The van der Waals surface area contributed by atoms with E-state index in [9.17, 15) is 16.8 Å². The SMILES string of the molecule is COCc1cc(OC)c2c(NS(=O)(=O)c3c(OC)ccc(Cl)c3OC)noc2c1.COCc1cc(OC)c2c(NS(=O)(=O)c3c(OC)cccc3OC)noc2c1. The van der Waals surface area contributed by atoms with Crippen LogP contribution in [-0.4, -0.2) is 84.0 Å². The number of ether oxygens (including phenoxy) is 8. The van der Waals surface area contributed by atoms with E-state index >= 15 is 0 Å². The average Bonchev–Trinajstić information content (AvgIpc) is 3.79. The number of rotatable bonds is 16. The average molecular weight is 851 g/mol. The van der Waals surface area contributed by atoms with E-state index in [2.05, 4.69) is 19.8 Å². The van der Waals surface area contributed by atoms with Crippen molar-refractivity contribution in [1.29, 1.82) is 0 Å². The minimum Gasteiger partial charge on any atom is -0.496 e. The van der Waals surface area contributed by atoms with Crippen molar-refractivity contribution in [3.8, 4) is 34.5 Å². The molecule has 0 bridgehead atoms. The first-order chi connectivity index (χ1) is 27.3. The molecule has 4 aromatic carbocycles. The fraction of sp³-hybridized carbons (Fsp3) is 0.278. The van der Waals surface area contributed by atoms with Gasteiger partial charge in [0.1, 0.15) is 39.5 Å². The molecule has 0 aliphatic carbocycles. The molecule has 0 atom stereocenters. The van der Waals surface area contributed by atoms with Crippen LogP contribution in [0.15, 0.2) is 73.4 Å². The Labute approximate surface area is 332 Å². The van der Waals surface area contributed by atoms with Gasteiger partial charge in [-0.1, -0.05) is 28.0 Å². The Balaban J connectivity index is 0.000000218. The van der Waals surface area contributed by atoms with Crippen LogP contribution < -0.4 is 37.9 Å². The van der Waals surface area contributed by atoms with E-state index in [0.29, 0.717) is 46.7 Å². The fourth-order valence-corrected chi connectivity index (χ4v) is 8.67. The summed E-state index contributed by atoms with van der Waals surface area (Å²) < 4.78 is 110. The third kappa shape index (κ3) is 8.84. The van der Waals surface area contributed by atoms with Crippen molar-refractivity contribution in [2.45, 2.75) is 23.0 Å². The van der Waals surface area contributed by atoms with Crippen LogP contribution in [0.2, 0.25) is 5.02 Å². The Bertz CT molecular complexity index is 2570. The minimum absolute atomic E-state index is 0.0104. The second-order valence-corrected chi connectivity index (χ2v) is 15.2. The molecule has 306 valence electrons. The molecule has 6 rings (SSSR count). The zero-order chi connectivity index (χ0) is 41.5. The second-order valence-electron chi connectivity index (χ2n) is 11.6. The topological polar surface area (TPSA) is 218 Å². The quantitative estimate of drug-likeness (QED) is 0.110. The molecule has 0 saturated heterocycles. The molecule has 18 nitrogen and oxygen atoms in total. The lowest BCUT2D eigenvalue weighted by atomic mass is 10.1. The van der Waals surface area contributed by atoms with Gasteiger partial charge in [0.2, 0.25) is 0 Å². The van der Waals surface area contributed by atoms with E-state index in [1.54, 1.807) is 44.6 Å². The Hall–Kier alpha value is -5.67. The highest BCUT2D eigenvalue weighted by Crippen LogP contribution is 2.42. The van der Waals surface area contributed by atoms with Crippen molar-refractivity contribution in [3.05, 3.63) is 70.7 Å². The zero-order valence-electron chi connectivity index (χ0n) is 31.9. The van der Waals surface area contributed by atoms with Crippen LogP contribution in [0.25, 0.3) is 21.9 Å². The van der Waals surface area contributed by atoms with Crippen molar-refractivity contribution in [1.82, 2.24) is 10.3 Å². The number of fused-ring (bicyclic) bond motifs is 2. The highest BCUT2D eigenvalue weighted by molar-refractivity contribution is 7.93. The zero-order valence-corrected chi connectivity index (χ0v) is 34.3. The van der Waals surface area contributed by atoms with Crippen LogP contribution in [0.1, 0.15) is 11.1 Å². The third-order valence-electron chi connectivity index (χ3n) is 8.09. The number of nitrogens with one attached hydrogen (secondary N) is 2. The first-order valence-corrected chi connectivity index (χ1v) is 19.7. The van der Waals surface area contributed by atoms with Crippen molar-refractivity contribution < 1.29 is 63.8 Å². The van der Waals surface area contributed by atoms with E-state index in [0.717, 1.165) is 11.1 Å². The van der Waals surface area contributed by atoms with Gasteiger partial charge >= 0.3 is 0 Å². The lowest BCUT2D eigenvalue weighted by molar-refractivity contribution is 0.184. The molecule has 0 aliphatic heterocycles. The molecule has 6 aromatic rings. The summed E-state index contributed by atoms with van der Waals surface area (Å²) in [7, 11) is 3.13. The largest absolute Gasteiger partial charge is 0.496 e. The van der Waals surface area contributed by atoms with Crippen molar-refractivity contribution in [2.24, 2.45) is 0 Å². The van der Waals surface area contributed by atoms with Gasteiger partial charge in [0.25, 0.3) is 20.0 Å². The molecular weight excluding hydrogens is 812 g/mol. The predicted molar refractivity (Wildman–Crippen MR) is 208 cm³/mol. The molecule has 0 amide bonds. The Morgan fingerprint density at radius 1 is 0.561 bits per heavy atom. The van der Waals surface area contributed by atoms with Crippen LogP contribution in [0.3, 0.4) is 0 Å². The van der Waals surface area contributed by atoms with Crippen molar-refractivity contribution >= 4 is 65.2 Å². The van der Waals surface area contributed by atoms with Crippen LogP contribution in [0.4, 0.5) is 11.6 Å². The first-order valence-electron chi connectivity index (χ1n) is 16.4. The number of aromatic nitrogens is 2. The molecule has 21 heteroatoms. The van der Waals surface area contributed by atoms with Crippen LogP contribution in [0.5, 0.6) is 34.5 Å². The number of sulfonamides is 2. The summed E-state index contributed by atoms with van der Waals surface area (Å²) in [5.74, 6) is 0.979. The molecule has 2 N–H and O–H groups in total. The molecule has 2 heterocycles. The Kier molecular flexibility index (Phi) is 13.5. The monoisotopic (exact) mass is 850 g/mol. The van der Waals surface area contributed by atoms with E-state index in [-0.39, 0.29) is 49.4 Å². The molecule has 57 heavy (non-hydrogen) atoms. The molecule has 0 saturated carbocycles. The molecular formula is C36H39ClN4O14S2. The Morgan fingerprint density at radius 2 is 0.982 bits per heavy atom. The summed E-state index contributed by atoms with van der Waals surface area (Å²) in [6.45, 7) is 0.664. The minimum atomic E-state index is -4.22. The summed E-state index contributed by atoms with van der Waals surface area (Å²) in [6, 6.07) is 14.4. The molecule has 0 unspecified atom stereocenters. The van der Waals surface area contributed by atoms with Crippen LogP contribution in [-0.2, 0) is 42.7 Å². The van der Waals surface area contributed by atoms with Gasteiger partial charge in [0, 0.05) is 14.2 Å². The lowest BCUT2D eigenvalue weighted by Gasteiger charge is -2.15. The number of methoxy groups -OCH3 is 8. The number of nitrogens with zero attached hydrogens (tertiary/aromatic N) is 2. The number of anilines is 2. The number of hydrogen-bond donors (Lipinski definition) is 2. The smallest absolute Gasteiger partial charge is 0.270 e. The molecule has 0 spiro atoms. The van der Waals surface area contributed by atoms with Crippen molar-refractivity contribution in [3.63, 3.8) is 0 Å². The van der Waals surface area contributed by atoms with Gasteiger partial charge < -0.3 is 46.9 Å². The lowest BCUT2D eigenvalue weighted by Crippen LogP contribution is -2.16. The molecule has 0 aliphatic rings. The van der Waals surface area contributed by atoms with E-state index in [1.807, 2.05) is 0 Å². The molecule has 0 radical (unpaired) electrons. The van der Waals surface area contributed by atoms with Gasteiger partial charge in [-0.15, -0.1) is 0 Å². The molecule has 0 fully saturated rings. The third-order valence-corrected chi connectivity index (χ3v) is 11.2. The van der Waals surface area contributed by atoms with Gasteiger partial charge in [0.05, 0.1) is 60.9 Å². The first kappa shape index (κ1) is 42.5. The fourth-order valence-electron chi connectivity index (χ4n) is 5.71. The summed E-state index contributed by atoms with van der Waals surface area (Å²) in [4.78, 5) is -0.410. The second kappa shape index (κ2) is 18.1. The highest BCUT2D eigenvalue weighted by Gasteiger charge is 2.30. The van der Waals surface area contributed by atoms with Crippen LogP contribution in [0, 0.1) is 0 Å². The summed E-state index contributed by atoms with van der Waals surface area (Å²) in [5.41, 5.74) is 2.26. The van der Waals surface area contributed by atoms with Crippen LogP contribution >= 0.6 is 11.6 Å². The number of halogens is 1. The standard InChI is InChI=1S/C18H19ClN2O7S.C18H20N2O7S/c1-24-9-10-7-13(26-3)15-14(8-10)28-20-18(15)21-29(22,23)17-12(25-2)6-5-11(19)16(17)27-4;1-23-10-11-8-14(26-4)16-15(9-11)27-19-18(16)20-28(21,22)17-12(24-2)6-5-7-13(17)25-3/h5-8H,9H2,1-4H3,(H,20,21);5-9H,10H2,1-4H3,(H,19,20). The van der Waals surface area contributed by atoms with E-state index in [1.165, 1.54) is 66.9 Å². The maximum absolute atomic E-state index is 13.2. The maximum Gasteiger partial charge on any atom is 0.270 e.